The Morgan fingerprint density at radius 3 is 2.25 bits per heavy atom. The van der Waals surface area contributed by atoms with E-state index in [0.29, 0.717) is 17.5 Å². The van der Waals surface area contributed by atoms with Crippen molar-refractivity contribution >= 4 is 0 Å². The molecule has 118 valence electrons. The summed E-state index contributed by atoms with van der Waals surface area (Å²) >= 11 is 0. The summed E-state index contributed by atoms with van der Waals surface area (Å²) in [6.07, 6.45) is 10.2. The molecule has 20 heavy (non-hydrogen) atoms. The van der Waals surface area contributed by atoms with Gasteiger partial charge in [0.15, 0.2) is 0 Å². The molecule has 0 aromatic rings. The normalized spacial score (nSPS) is 25.2. The molecule has 0 amide bonds. The van der Waals surface area contributed by atoms with Crippen LogP contribution in [0.15, 0.2) is 0 Å². The zero-order valence-corrected chi connectivity index (χ0v) is 13.8. The Hall–Kier alpha value is -0.120. The predicted octanol–water partition coefficient (Wildman–Crippen LogP) is 3.05. The number of hydrogen-bond donors (Lipinski definition) is 1. The number of nitrogens with one attached hydrogen (secondary N) is 1. The first-order valence-electron chi connectivity index (χ1n) is 8.62. The second-order valence-corrected chi connectivity index (χ2v) is 7.27. The van der Waals surface area contributed by atoms with Crippen molar-refractivity contribution in [1.29, 1.82) is 0 Å². The Balaban J connectivity index is 1.82. The smallest absolute Gasteiger partial charge is 0.0630 e. The van der Waals surface area contributed by atoms with Crippen LogP contribution in [-0.2, 0) is 4.74 Å². The third kappa shape index (κ3) is 4.44. The van der Waals surface area contributed by atoms with Gasteiger partial charge in [-0.25, -0.2) is 0 Å². The highest BCUT2D eigenvalue weighted by molar-refractivity contribution is 4.90. The lowest BCUT2D eigenvalue weighted by molar-refractivity contribution is 0.0190. The van der Waals surface area contributed by atoms with Crippen LogP contribution in [0.4, 0.5) is 0 Å². The largest absolute Gasteiger partial charge is 0.383 e. The molecule has 2 fully saturated rings. The molecular weight excluding hydrogens is 248 g/mol. The van der Waals surface area contributed by atoms with Crippen LogP contribution in [0.2, 0.25) is 0 Å². The molecule has 2 rings (SSSR count). The molecule has 0 aromatic heterocycles. The molecule has 0 radical (unpaired) electrons. The van der Waals surface area contributed by atoms with Crippen molar-refractivity contribution in [1.82, 2.24) is 10.2 Å². The molecule has 1 aliphatic heterocycles. The van der Waals surface area contributed by atoms with E-state index in [9.17, 15) is 0 Å². The molecule has 1 aliphatic carbocycles. The second-order valence-electron chi connectivity index (χ2n) is 7.27. The van der Waals surface area contributed by atoms with Crippen LogP contribution in [0.25, 0.3) is 0 Å². The van der Waals surface area contributed by atoms with Gasteiger partial charge in [0.25, 0.3) is 0 Å². The zero-order chi connectivity index (χ0) is 14.4. The van der Waals surface area contributed by atoms with Crippen molar-refractivity contribution in [3.05, 3.63) is 0 Å². The lowest BCUT2D eigenvalue weighted by Gasteiger charge is -2.46. The summed E-state index contributed by atoms with van der Waals surface area (Å²) in [6, 6.07) is 1.10. The summed E-state index contributed by atoms with van der Waals surface area (Å²) in [7, 11) is 1.83. The quantitative estimate of drug-likeness (QED) is 0.810. The third-order valence-electron chi connectivity index (χ3n) is 5.41. The molecule has 1 unspecified atom stereocenters. The summed E-state index contributed by atoms with van der Waals surface area (Å²) in [6.45, 7) is 8.89. The van der Waals surface area contributed by atoms with E-state index < -0.39 is 0 Å². The highest BCUT2D eigenvalue weighted by Gasteiger charge is 2.36. The molecule has 0 aromatic carbocycles. The van der Waals surface area contributed by atoms with Crippen molar-refractivity contribution < 1.29 is 4.74 Å². The van der Waals surface area contributed by atoms with Crippen LogP contribution in [0.1, 0.15) is 58.8 Å². The van der Waals surface area contributed by atoms with Gasteiger partial charge < -0.3 is 10.1 Å². The number of ether oxygens (including phenoxy) is 1. The van der Waals surface area contributed by atoms with Crippen LogP contribution >= 0.6 is 0 Å². The Morgan fingerprint density at radius 2 is 1.70 bits per heavy atom. The fourth-order valence-corrected chi connectivity index (χ4v) is 4.02. The number of rotatable bonds is 6. The molecule has 2 aliphatic rings. The molecule has 1 spiro atoms. The minimum absolute atomic E-state index is 0.545. The van der Waals surface area contributed by atoms with E-state index in [2.05, 4.69) is 24.1 Å². The molecular formula is C17H34N2O. The molecule has 3 nitrogen and oxygen atoms in total. The van der Waals surface area contributed by atoms with E-state index in [-0.39, 0.29) is 0 Å². The third-order valence-corrected chi connectivity index (χ3v) is 5.41. The van der Waals surface area contributed by atoms with Crippen molar-refractivity contribution in [2.24, 2.45) is 5.41 Å². The standard InChI is InChI=1S/C17H34N2O/c1-15(2)18-13-16(14-20-3)19-11-9-17(10-12-19)7-5-4-6-8-17/h15-16,18H,4-14H2,1-3H3. The maximum absolute atomic E-state index is 5.44. The molecule has 0 bridgehead atoms. The first-order chi connectivity index (χ1) is 9.65. The molecule has 1 atom stereocenters. The van der Waals surface area contributed by atoms with Crippen LogP contribution in [0.5, 0.6) is 0 Å². The van der Waals surface area contributed by atoms with Gasteiger partial charge in [-0.1, -0.05) is 33.1 Å². The fourth-order valence-electron chi connectivity index (χ4n) is 4.02. The summed E-state index contributed by atoms with van der Waals surface area (Å²) in [5, 5.41) is 3.58. The first kappa shape index (κ1) is 16.3. The van der Waals surface area contributed by atoms with Gasteiger partial charge in [-0.2, -0.15) is 0 Å². The molecule has 1 N–H and O–H groups in total. The zero-order valence-electron chi connectivity index (χ0n) is 13.8. The first-order valence-corrected chi connectivity index (χ1v) is 8.62. The molecule has 1 heterocycles. The Bertz CT molecular complexity index is 264. The summed E-state index contributed by atoms with van der Waals surface area (Å²) in [4.78, 5) is 2.67. The summed E-state index contributed by atoms with van der Waals surface area (Å²) in [5.74, 6) is 0. The number of likely N-dealkylation sites (tertiary alicyclic amines) is 1. The highest BCUT2D eigenvalue weighted by atomic mass is 16.5. The van der Waals surface area contributed by atoms with Gasteiger partial charge in [-0.15, -0.1) is 0 Å². The van der Waals surface area contributed by atoms with Crippen LogP contribution in [0, 0.1) is 5.41 Å². The maximum atomic E-state index is 5.44. The van der Waals surface area contributed by atoms with Crippen molar-refractivity contribution in [3.63, 3.8) is 0 Å². The Kier molecular flexibility index (Phi) is 6.31. The van der Waals surface area contributed by atoms with Crippen molar-refractivity contribution in [2.45, 2.75) is 70.9 Å². The monoisotopic (exact) mass is 282 g/mol. The van der Waals surface area contributed by atoms with E-state index in [4.69, 9.17) is 4.74 Å². The van der Waals surface area contributed by atoms with E-state index in [1.165, 1.54) is 58.0 Å². The molecule has 3 heteroatoms. The number of methoxy groups -OCH3 is 1. The average Bonchev–Trinajstić information content (AvgIpc) is 2.45. The van der Waals surface area contributed by atoms with Crippen LogP contribution in [-0.4, -0.2) is 50.3 Å². The summed E-state index contributed by atoms with van der Waals surface area (Å²) in [5.41, 5.74) is 0.706. The number of nitrogens with zero attached hydrogens (tertiary/aromatic N) is 1. The van der Waals surface area contributed by atoms with Crippen LogP contribution in [0.3, 0.4) is 0 Å². The van der Waals surface area contributed by atoms with Gasteiger partial charge in [0.2, 0.25) is 0 Å². The highest BCUT2D eigenvalue weighted by Crippen LogP contribution is 2.44. The lowest BCUT2D eigenvalue weighted by atomic mass is 9.68. The topological polar surface area (TPSA) is 24.5 Å². The van der Waals surface area contributed by atoms with Gasteiger partial charge in [-0.05, 0) is 44.2 Å². The number of hydrogen-bond acceptors (Lipinski definition) is 3. The van der Waals surface area contributed by atoms with Gasteiger partial charge in [-0.3, -0.25) is 4.90 Å². The van der Waals surface area contributed by atoms with Crippen LogP contribution < -0.4 is 5.32 Å². The Labute approximate surface area is 125 Å². The SMILES string of the molecule is COCC(CNC(C)C)N1CCC2(CCCCC2)CC1. The van der Waals surface area contributed by atoms with Gasteiger partial charge in [0, 0.05) is 25.7 Å². The average molecular weight is 282 g/mol. The van der Waals surface area contributed by atoms with Crippen molar-refractivity contribution in [3.8, 4) is 0 Å². The van der Waals surface area contributed by atoms with E-state index in [1.54, 1.807) is 0 Å². The van der Waals surface area contributed by atoms with Gasteiger partial charge >= 0.3 is 0 Å². The van der Waals surface area contributed by atoms with E-state index in [1.807, 2.05) is 7.11 Å². The predicted molar refractivity (Wildman–Crippen MR) is 85.1 cm³/mol. The van der Waals surface area contributed by atoms with E-state index in [0.717, 1.165) is 13.2 Å². The minimum atomic E-state index is 0.545. The minimum Gasteiger partial charge on any atom is -0.383 e. The number of piperidine rings is 1. The van der Waals surface area contributed by atoms with E-state index >= 15 is 0 Å². The van der Waals surface area contributed by atoms with Gasteiger partial charge in [0.1, 0.15) is 0 Å². The Morgan fingerprint density at radius 1 is 1.05 bits per heavy atom. The lowest BCUT2D eigenvalue weighted by Crippen LogP contribution is -2.51. The van der Waals surface area contributed by atoms with Gasteiger partial charge in [0.05, 0.1) is 6.61 Å². The molecule has 1 saturated carbocycles. The van der Waals surface area contributed by atoms with Crippen molar-refractivity contribution in [2.75, 3.05) is 33.4 Å². The second kappa shape index (κ2) is 7.77. The fraction of sp³-hybridized carbons (Fsp3) is 1.00. The maximum Gasteiger partial charge on any atom is 0.0630 e. The molecule has 1 saturated heterocycles. The summed E-state index contributed by atoms with van der Waals surface area (Å²) < 4.78 is 5.44.